The second kappa shape index (κ2) is 9.05. The summed E-state index contributed by atoms with van der Waals surface area (Å²) in [7, 11) is 1.93. The van der Waals surface area contributed by atoms with Crippen molar-refractivity contribution in [2.75, 3.05) is 26.7 Å². The number of amides is 1. The molecule has 23 heavy (non-hydrogen) atoms. The first kappa shape index (κ1) is 19.7. The zero-order valence-electron chi connectivity index (χ0n) is 13.0. The molecule has 6 nitrogen and oxygen atoms in total. The van der Waals surface area contributed by atoms with E-state index in [4.69, 9.17) is 11.6 Å². The molecule has 0 aliphatic carbocycles. The van der Waals surface area contributed by atoms with Crippen LogP contribution in [0.25, 0.3) is 0 Å². The molecule has 0 saturated carbocycles. The maximum atomic E-state index is 12.5. The summed E-state index contributed by atoms with van der Waals surface area (Å²) in [5.74, 6) is 0.326. The Labute approximate surface area is 146 Å². The topological polar surface area (TPSA) is 75.5 Å². The van der Waals surface area contributed by atoms with Gasteiger partial charge in [0.2, 0.25) is 0 Å². The number of benzene rings is 1. The lowest BCUT2D eigenvalue weighted by Crippen LogP contribution is -2.39. The molecule has 0 bridgehead atoms. The Morgan fingerprint density at radius 3 is 2.65 bits per heavy atom. The van der Waals surface area contributed by atoms with Gasteiger partial charge in [0.05, 0.1) is 4.92 Å². The average Bonchev–Trinajstić information content (AvgIpc) is 2.52. The van der Waals surface area contributed by atoms with Crippen LogP contribution in [0.5, 0.6) is 0 Å². The van der Waals surface area contributed by atoms with E-state index in [1.165, 1.54) is 18.2 Å². The van der Waals surface area contributed by atoms with Gasteiger partial charge < -0.3 is 10.2 Å². The molecule has 0 aromatic heterocycles. The van der Waals surface area contributed by atoms with Gasteiger partial charge in [-0.3, -0.25) is 14.9 Å². The molecule has 2 rings (SSSR count). The van der Waals surface area contributed by atoms with E-state index in [0.717, 1.165) is 25.8 Å². The summed E-state index contributed by atoms with van der Waals surface area (Å²) >= 11 is 5.78. The van der Waals surface area contributed by atoms with E-state index < -0.39 is 4.92 Å². The number of nitrogens with one attached hydrogen (secondary N) is 1. The molecule has 1 aliphatic heterocycles. The number of nitro groups is 1. The van der Waals surface area contributed by atoms with Gasteiger partial charge >= 0.3 is 0 Å². The lowest BCUT2D eigenvalue weighted by atomic mass is 9.93. The number of piperidine rings is 1. The number of rotatable bonds is 5. The van der Waals surface area contributed by atoms with Crippen LogP contribution < -0.4 is 5.32 Å². The molecule has 1 aromatic rings. The van der Waals surface area contributed by atoms with Gasteiger partial charge in [0.25, 0.3) is 11.6 Å². The van der Waals surface area contributed by atoms with Crippen molar-refractivity contribution in [3.8, 4) is 0 Å². The van der Waals surface area contributed by atoms with Crippen molar-refractivity contribution in [3.05, 3.63) is 38.9 Å². The van der Waals surface area contributed by atoms with E-state index in [-0.39, 0.29) is 34.6 Å². The summed E-state index contributed by atoms with van der Waals surface area (Å²) in [6.45, 7) is 2.27. The summed E-state index contributed by atoms with van der Waals surface area (Å²) in [5, 5.41) is 14.5. The number of carbonyl (C=O) groups excluding carboxylic acids is 1. The summed E-state index contributed by atoms with van der Waals surface area (Å²) in [6, 6.07) is 4.19. The lowest BCUT2D eigenvalue weighted by molar-refractivity contribution is -0.385. The first-order chi connectivity index (χ1) is 10.5. The number of hydrogen-bond acceptors (Lipinski definition) is 4. The number of nitrogens with zero attached hydrogens (tertiary/aromatic N) is 2. The van der Waals surface area contributed by atoms with Gasteiger partial charge in [0.15, 0.2) is 0 Å². The summed E-state index contributed by atoms with van der Waals surface area (Å²) < 4.78 is 0. The predicted molar refractivity (Wildman–Crippen MR) is 92.5 cm³/mol. The van der Waals surface area contributed by atoms with Crippen LogP contribution >= 0.6 is 24.0 Å². The first-order valence-corrected chi connectivity index (χ1v) is 7.78. The third-order valence-corrected chi connectivity index (χ3v) is 4.33. The summed E-state index contributed by atoms with van der Waals surface area (Å²) in [4.78, 5) is 24.8. The Balaban J connectivity index is 0.00000264. The second-order valence-electron chi connectivity index (χ2n) is 5.55. The molecule has 1 aromatic carbocycles. The van der Waals surface area contributed by atoms with Gasteiger partial charge in [-0.1, -0.05) is 11.6 Å². The smallest absolute Gasteiger partial charge is 0.283 e. The van der Waals surface area contributed by atoms with Crippen molar-refractivity contribution in [1.82, 2.24) is 10.2 Å². The molecule has 1 saturated heterocycles. The standard InChI is InChI=1S/C15H20ClN3O3.ClH/c1-17-7-4-11-5-8-18(9-6-11)15(20)13-3-2-12(16)10-14(13)19(21)22;/h2-3,10-11,17H,4-9H2,1H3;1H. The maximum Gasteiger partial charge on any atom is 0.283 e. The van der Waals surface area contributed by atoms with E-state index in [0.29, 0.717) is 19.0 Å². The highest BCUT2D eigenvalue weighted by molar-refractivity contribution is 6.31. The van der Waals surface area contributed by atoms with Gasteiger partial charge in [-0.05, 0) is 50.9 Å². The molecule has 0 spiro atoms. The van der Waals surface area contributed by atoms with Crippen LogP contribution in [0.15, 0.2) is 18.2 Å². The van der Waals surface area contributed by atoms with E-state index in [1.807, 2.05) is 7.05 Å². The molecule has 1 aliphatic rings. The van der Waals surface area contributed by atoms with Crippen LogP contribution in [0.1, 0.15) is 29.6 Å². The second-order valence-corrected chi connectivity index (χ2v) is 5.98. The molecule has 8 heteroatoms. The molecule has 1 N–H and O–H groups in total. The Bertz CT molecular complexity index is 561. The molecule has 0 unspecified atom stereocenters. The van der Waals surface area contributed by atoms with Crippen molar-refractivity contribution in [3.63, 3.8) is 0 Å². The normalized spacial score (nSPS) is 15.1. The minimum absolute atomic E-state index is 0. The molecule has 1 amide bonds. The largest absolute Gasteiger partial charge is 0.338 e. The van der Waals surface area contributed by atoms with E-state index in [9.17, 15) is 14.9 Å². The Morgan fingerprint density at radius 2 is 2.09 bits per heavy atom. The Hall–Kier alpha value is -1.37. The summed E-state index contributed by atoms with van der Waals surface area (Å²) in [5.41, 5.74) is -0.113. The molecule has 1 heterocycles. The zero-order valence-corrected chi connectivity index (χ0v) is 14.5. The highest BCUT2D eigenvalue weighted by Crippen LogP contribution is 2.27. The van der Waals surface area contributed by atoms with Crippen LogP contribution in [-0.4, -0.2) is 42.4 Å². The molecule has 1 fully saturated rings. The molecule has 0 atom stereocenters. The van der Waals surface area contributed by atoms with Crippen LogP contribution in [0.2, 0.25) is 5.02 Å². The molecular formula is C15H21Cl2N3O3. The van der Waals surface area contributed by atoms with E-state index >= 15 is 0 Å². The number of hydrogen-bond donors (Lipinski definition) is 1. The predicted octanol–water partition coefficient (Wildman–Crippen LogP) is 3.13. The van der Waals surface area contributed by atoms with Crippen molar-refractivity contribution in [2.24, 2.45) is 5.92 Å². The number of nitro benzene ring substituents is 1. The third-order valence-electron chi connectivity index (χ3n) is 4.09. The maximum absolute atomic E-state index is 12.5. The fraction of sp³-hybridized carbons (Fsp3) is 0.533. The van der Waals surface area contributed by atoms with Gasteiger partial charge in [-0.15, -0.1) is 12.4 Å². The third kappa shape index (κ3) is 5.06. The monoisotopic (exact) mass is 361 g/mol. The average molecular weight is 362 g/mol. The minimum Gasteiger partial charge on any atom is -0.338 e. The van der Waals surface area contributed by atoms with Gasteiger partial charge in [-0.2, -0.15) is 0 Å². The SMILES string of the molecule is CNCCC1CCN(C(=O)c2ccc(Cl)cc2[N+](=O)[O-])CC1.Cl. The summed E-state index contributed by atoms with van der Waals surface area (Å²) in [6.07, 6.45) is 2.98. The Morgan fingerprint density at radius 1 is 1.43 bits per heavy atom. The fourth-order valence-corrected chi connectivity index (χ4v) is 2.95. The van der Waals surface area contributed by atoms with E-state index in [1.54, 1.807) is 4.90 Å². The van der Waals surface area contributed by atoms with Crippen molar-refractivity contribution in [2.45, 2.75) is 19.3 Å². The van der Waals surface area contributed by atoms with Crippen molar-refractivity contribution in [1.29, 1.82) is 0 Å². The Kier molecular flexibility index (Phi) is 7.75. The molecule has 128 valence electrons. The molecular weight excluding hydrogens is 341 g/mol. The van der Waals surface area contributed by atoms with Gasteiger partial charge in [-0.25, -0.2) is 0 Å². The zero-order chi connectivity index (χ0) is 16.1. The van der Waals surface area contributed by atoms with Crippen LogP contribution in [-0.2, 0) is 0 Å². The first-order valence-electron chi connectivity index (χ1n) is 7.40. The quantitative estimate of drug-likeness (QED) is 0.645. The van der Waals surface area contributed by atoms with Gasteiger partial charge in [0, 0.05) is 24.2 Å². The van der Waals surface area contributed by atoms with Crippen molar-refractivity contribution >= 4 is 35.6 Å². The number of likely N-dealkylation sites (tertiary alicyclic amines) is 1. The van der Waals surface area contributed by atoms with Crippen LogP contribution in [0, 0.1) is 16.0 Å². The highest BCUT2D eigenvalue weighted by atomic mass is 35.5. The van der Waals surface area contributed by atoms with Gasteiger partial charge in [0.1, 0.15) is 5.56 Å². The lowest BCUT2D eigenvalue weighted by Gasteiger charge is -2.32. The van der Waals surface area contributed by atoms with Crippen LogP contribution in [0.3, 0.4) is 0 Å². The fourth-order valence-electron chi connectivity index (χ4n) is 2.78. The minimum atomic E-state index is -0.557. The number of halogens is 2. The van der Waals surface area contributed by atoms with E-state index in [2.05, 4.69) is 5.32 Å². The number of carbonyl (C=O) groups is 1. The highest BCUT2D eigenvalue weighted by Gasteiger charge is 2.28. The van der Waals surface area contributed by atoms with Crippen molar-refractivity contribution < 1.29 is 9.72 Å². The van der Waals surface area contributed by atoms with Crippen LogP contribution in [0.4, 0.5) is 5.69 Å². The molecule has 0 radical (unpaired) electrons.